The SMILES string of the molecule is CCOc1ccc(NC(=O)C(=O)N/N=C(\C)c2ccc(OC(=O)c3cccs3)c(OC)c2)cc1. The molecule has 176 valence electrons. The lowest BCUT2D eigenvalue weighted by Crippen LogP contribution is -2.32. The summed E-state index contributed by atoms with van der Waals surface area (Å²) >= 11 is 1.27. The van der Waals surface area contributed by atoms with E-state index in [-0.39, 0.29) is 5.75 Å². The first-order valence-corrected chi connectivity index (χ1v) is 11.1. The minimum atomic E-state index is -0.929. The first kappa shape index (κ1) is 24.5. The molecule has 10 heteroatoms. The summed E-state index contributed by atoms with van der Waals surface area (Å²) in [6, 6.07) is 14.9. The van der Waals surface area contributed by atoms with Crippen molar-refractivity contribution in [2.24, 2.45) is 5.10 Å². The largest absolute Gasteiger partial charge is 0.494 e. The van der Waals surface area contributed by atoms with Gasteiger partial charge in [0.05, 0.1) is 19.4 Å². The number of nitrogens with one attached hydrogen (secondary N) is 2. The molecule has 0 aliphatic heterocycles. The summed E-state index contributed by atoms with van der Waals surface area (Å²) in [6.07, 6.45) is 0. The second kappa shape index (κ2) is 11.6. The van der Waals surface area contributed by atoms with Crippen LogP contribution >= 0.6 is 11.3 Å². The van der Waals surface area contributed by atoms with Crippen LogP contribution in [0.3, 0.4) is 0 Å². The molecule has 2 N–H and O–H groups in total. The maximum atomic E-state index is 12.2. The third kappa shape index (κ3) is 6.42. The van der Waals surface area contributed by atoms with Gasteiger partial charge in [0.1, 0.15) is 10.6 Å². The van der Waals surface area contributed by atoms with Crippen LogP contribution in [-0.4, -0.2) is 37.2 Å². The van der Waals surface area contributed by atoms with E-state index in [4.69, 9.17) is 14.2 Å². The van der Waals surface area contributed by atoms with Crippen LogP contribution in [0.5, 0.6) is 17.2 Å². The molecule has 1 heterocycles. The number of amides is 2. The number of carbonyl (C=O) groups is 3. The number of benzene rings is 2. The Balaban J connectivity index is 1.61. The van der Waals surface area contributed by atoms with Gasteiger partial charge in [0.15, 0.2) is 11.5 Å². The number of esters is 1. The molecule has 3 aromatic rings. The molecule has 0 saturated heterocycles. The number of rotatable bonds is 8. The fourth-order valence-corrected chi connectivity index (χ4v) is 3.36. The maximum absolute atomic E-state index is 12.2. The lowest BCUT2D eigenvalue weighted by Gasteiger charge is -2.11. The predicted octanol–water partition coefficient (Wildman–Crippen LogP) is 3.85. The second-order valence-corrected chi connectivity index (χ2v) is 7.73. The Morgan fingerprint density at radius 1 is 1.00 bits per heavy atom. The zero-order valence-electron chi connectivity index (χ0n) is 18.8. The topological polar surface area (TPSA) is 115 Å². The third-order valence-corrected chi connectivity index (χ3v) is 5.31. The maximum Gasteiger partial charge on any atom is 0.353 e. The molecule has 0 atom stereocenters. The summed E-state index contributed by atoms with van der Waals surface area (Å²) in [5.41, 5.74) is 3.68. The van der Waals surface area contributed by atoms with Crippen molar-refractivity contribution in [3.05, 3.63) is 70.4 Å². The Hall–Kier alpha value is -4.18. The van der Waals surface area contributed by atoms with Gasteiger partial charge in [-0.15, -0.1) is 11.3 Å². The summed E-state index contributed by atoms with van der Waals surface area (Å²) < 4.78 is 16.1. The average Bonchev–Trinajstić information content (AvgIpc) is 3.39. The van der Waals surface area contributed by atoms with Crippen molar-refractivity contribution in [2.75, 3.05) is 19.0 Å². The van der Waals surface area contributed by atoms with Gasteiger partial charge in [-0.25, -0.2) is 10.2 Å². The number of hydrogen-bond acceptors (Lipinski definition) is 8. The van der Waals surface area contributed by atoms with Gasteiger partial charge < -0.3 is 19.5 Å². The van der Waals surface area contributed by atoms with E-state index in [2.05, 4.69) is 15.8 Å². The molecule has 0 aliphatic carbocycles. The standard InChI is InChI=1S/C24H23N3O6S/c1-4-32-18-10-8-17(9-11-18)25-22(28)23(29)27-26-15(2)16-7-12-19(20(14-16)31-3)33-24(30)21-6-5-13-34-21/h5-14H,4H2,1-3H3,(H,25,28)(H,27,29)/b26-15+. The highest BCUT2D eigenvalue weighted by Gasteiger charge is 2.16. The summed E-state index contributed by atoms with van der Waals surface area (Å²) in [5.74, 6) is -1.06. The van der Waals surface area contributed by atoms with E-state index in [1.165, 1.54) is 18.4 Å². The van der Waals surface area contributed by atoms with Crippen LogP contribution in [-0.2, 0) is 9.59 Å². The Morgan fingerprint density at radius 2 is 1.76 bits per heavy atom. The predicted molar refractivity (Wildman–Crippen MR) is 129 cm³/mol. The number of methoxy groups -OCH3 is 1. The van der Waals surface area contributed by atoms with E-state index >= 15 is 0 Å². The molecule has 9 nitrogen and oxygen atoms in total. The highest BCUT2D eigenvalue weighted by atomic mass is 32.1. The lowest BCUT2D eigenvalue weighted by molar-refractivity contribution is -0.136. The highest BCUT2D eigenvalue weighted by Crippen LogP contribution is 2.29. The molecule has 3 rings (SSSR count). The fraction of sp³-hybridized carbons (Fsp3) is 0.167. The zero-order valence-corrected chi connectivity index (χ0v) is 19.6. The monoisotopic (exact) mass is 481 g/mol. The molecule has 0 fully saturated rings. The first-order valence-electron chi connectivity index (χ1n) is 10.2. The first-order chi connectivity index (χ1) is 16.4. The van der Waals surface area contributed by atoms with Gasteiger partial charge in [-0.05, 0) is 67.8 Å². The van der Waals surface area contributed by atoms with Crippen molar-refractivity contribution in [1.29, 1.82) is 0 Å². The molecular weight excluding hydrogens is 458 g/mol. The quantitative estimate of drug-likeness (QED) is 0.166. The Morgan fingerprint density at radius 3 is 2.41 bits per heavy atom. The van der Waals surface area contributed by atoms with Crippen LogP contribution in [0.4, 0.5) is 5.69 Å². The van der Waals surface area contributed by atoms with Gasteiger partial charge in [-0.2, -0.15) is 5.10 Å². The van der Waals surface area contributed by atoms with Crippen LogP contribution in [0.15, 0.2) is 65.1 Å². The van der Waals surface area contributed by atoms with Gasteiger partial charge >= 0.3 is 17.8 Å². The summed E-state index contributed by atoms with van der Waals surface area (Å²) in [5, 5.41) is 8.24. The van der Waals surface area contributed by atoms with E-state index in [0.717, 1.165) is 0 Å². The van der Waals surface area contributed by atoms with Crippen LogP contribution in [0.1, 0.15) is 29.1 Å². The van der Waals surface area contributed by atoms with E-state index in [1.54, 1.807) is 66.9 Å². The molecule has 0 spiro atoms. The molecule has 34 heavy (non-hydrogen) atoms. The summed E-state index contributed by atoms with van der Waals surface area (Å²) in [7, 11) is 1.45. The molecule has 0 radical (unpaired) electrons. The molecule has 0 bridgehead atoms. The average molecular weight is 482 g/mol. The van der Waals surface area contributed by atoms with Gasteiger partial charge in [-0.1, -0.05) is 6.07 Å². The van der Waals surface area contributed by atoms with Crippen LogP contribution in [0.25, 0.3) is 0 Å². The summed E-state index contributed by atoms with van der Waals surface area (Å²) in [4.78, 5) is 36.9. The van der Waals surface area contributed by atoms with Gasteiger partial charge in [0, 0.05) is 11.3 Å². The zero-order chi connectivity index (χ0) is 24.5. The summed E-state index contributed by atoms with van der Waals surface area (Å²) in [6.45, 7) is 4.05. The third-order valence-electron chi connectivity index (χ3n) is 4.46. The van der Waals surface area contributed by atoms with E-state index < -0.39 is 17.8 Å². The Labute approximate surface area is 200 Å². The fourth-order valence-electron chi connectivity index (χ4n) is 2.76. The normalized spacial score (nSPS) is 10.9. The van der Waals surface area contributed by atoms with Crippen molar-refractivity contribution in [3.8, 4) is 17.2 Å². The molecule has 1 aromatic heterocycles. The smallest absolute Gasteiger partial charge is 0.353 e. The molecule has 0 saturated carbocycles. The molecule has 0 unspecified atom stereocenters. The molecule has 2 aromatic carbocycles. The lowest BCUT2D eigenvalue weighted by atomic mass is 10.1. The number of hydrazone groups is 1. The van der Waals surface area contributed by atoms with Crippen molar-refractivity contribution in [2.45, 2.75) is 13.8 Å². The van der Waals surface area contributed by atoms with Gasteiger partial charge in [0.2, 0.25) is 0 Å². The number of ether oxygens (including phenoxy) is 3. The Kier molecular flexibility index (Phi) is 8.36. The van der Waals surface area contributed by atoms with Crippen molar-refractivity contribution in [3.63, 3.8) is 0 Å². The van der Waals surface area contributed by atoms with Crippen molar-refractivity contribution >= 4 is 40.5 Å². The van der Waals surface area contributed by atoms with Crippen LogP contribution in [0, 0.1) is 0 Å². The number of thiophene rings is 1. The second-order valence-electron chi connectivity index (χ2n) is 6.78. The molecule has 0 aliphatic rings. The van der Waals surface area contributed by atoms with Crippen molar-refractivity contribution < 1.29 is 28.6 Å². The van der Waals surface area contributed by atoms with Crippen molar-refractivity contribution in [1.82, 2.24) is 5.43 Å². The van der Waals surface area contributed by atoms with Crippen LogP contribution in [0.2, 0.25) is 0 Å². The number of anilines is 1. The highest BCUT2D eigenvalue weighted by molar-refractivity contribution is 7.12. The minimum Gasteiger partial charge on any atom is -0.494 e. The van der Waals surface area contributed by atoms with E-state index in [0.29, 0.717) is 39.9 Å². The van der Waals surface area contributed by atoms with E-state index in [9.17, 15) is 14.4 Å². The minimum absolute atomic E-state index is 0.246. The number of hydrogen-bond donors (Lipinski definition) is 2. The van der Waals surface area contributed by atoms with E-state index in [1.807, 2.05) is 6.92 Å². The Bertz CT molecular complexity index is 1190. The van der Waals surface area contributed by atoms with Crippen LogP contribution < -0.4 is 25.0 Å². The molecular formula is C24H23N3O6S. The van der Waals surface area contributed by atoms with Gasteiger partial charge in [0.25, 0.3) is 0 Å². The molecule has 2 amide bonds. The number of nitrogens with zero attached hydrogens (tertiary/aromatic N) is 1. The van der Waals surface area contributed by atoms with Gasteiger partial charge in [-0.3, -0.25) is 9.59 Å². The number of carbonyl (C=O) groups excluding carboxylic acids is 3.